The molecule has 1 N–H and O–H groups in total. The van der Waals surface area contributed by atoms with Gasteiger partial charge in [-0.05, 0) is 44.1 Å². The molecule has 0 radical (unpaired) electrons. The maximum Gasteiger partial charge on any atom is 0.0689 e. The van der Waals surface area contributed by atoms with Crippen LogP contribution >= 0.6 is 0 Å². The molecule has 0 spiro atoms. The van der Waals surface area contributed by atoms with Gasteiger partial charge in [-0.15, -0.1) is 0 Å². The minimum atomic E-state index is -0.181. The minimum absolute atomic E-state index is 0.181. The summed E-state index contributed by atoms with van der Waals surface area (Å²) in [5.41, 5.74) is 0.536. The highest BCUT2D eigenvalue weighted by atomic mass is 16.3. The molecule has 0 aromatic heterocycles. The number of aliphatic hydroxyl groups excluding tert-OH is 1. The van der Waals surface area contributed by atoms with Crippen molar-refractivity contribution < 1.29 is 5.11 Å². The summed E-state index contributed by atoms with van der Waals surface area (Å²) in [5, 5.41) is 9.89. The Morgan fingerprint density at radius 3 is 2.19 bits per heavy atom. The first-order valence-corrected chi connectivity index (χ1v) is 6.70. The fourth-order valence-corrected chi connectivity index (χ4v) is 2.48. The van der Waals surface area contributed by atoms with Crippen LogP contribution in [-0.4, -0.2) is 35.7 Å². The van der Waals surface area contributed by atoms with Gasteiger partial charge in [-0.1, -0.05) is 27.7 Å². The number of likely N-dealkylation sites (N-methyl/N-ethyl adjacent to an activating group) is 1. The first-order valence-electron chi connectivity index (χ1n) is 6.70. The zero-order chi connectivity index (χ0) is 12.3. The molecule has 0 aliphatic heterocycles. The summed E-state index contributed by atoms with van der Waals surface area (Å²) >= 11 is 0. The molecule has 1 aliphatic carbocycles. The van der Waals surface area contributed by atoms with Crippen LogP contribution in [0.4, 0.5) is 0 Å². The van der Waals surface area contributed by atoms with Gasteiger partial charge in [-0.25, -0.2) is 0 Å². The Balaban J connectivity index is 2.36. The molecule has 0 heterocycles. The summed E-state index contributed by atoms with van der Waals surface area (Å²) in [7, 11) is 2.16. The monoisotopic (exact) mass is 227 g/mol. The number of nitrogens with zero attached hydrogens (tertiary/aromatic N) is 1. The third-order valence-corrected chi connectivity index (χ3v) is 4.18. The topological polar surface area (TPSA) is 23.5 Å². The molecule has 1 rings (SSSR count). The Labute approximate surface area is 101 Å². The summed E-state index contributed by atoms with van der Waals surface area (Å²) in [6.45, 7) is 9.73. The Morgan fingerprint density at radius 2 is 1.75 bits per heavy atom. The zero-order valence-electron chi connectivity index (χ0n) is 11.7. The van der Waals surface area contributed by atoms with Crippen LogP contribution in [0.2, 0.25) is 0 Å². The molecule has 0 aromatic carbocycles. The second-order valence-electron chi connectivity index (χ2n) is 6.65. The van der Waals surface area contributed by atoms with E-state index in [4.69, 9.17) is 0 Å². The van der Waals surface area contributed by atoms with Gasteiger partial charge in [-0.3, -0.25) is 0 Å². The summed E-state index contributed by atoms with van der Waals surface area (Å²) in [5.74, 6) is 0.363. The van der Waals surface area contributed by atoms with E-state index in [0.29, 0.717) is 17.4 Å². The average Bonchev–Trinajstić information content (AvgIpc) is 2.17. The molecular weight excluding hydrogens is 198 g/mol. The molecule has 16 heavy (non-hydrogen) atoms. The first-order chi connectivity index (χ1) is 7.32. The predicted molar refractivity (Wildman–Crippen MR) is 69.5 cm³/mol. The molecule has 0 bridgehead atoms. The van der Waals surface area contributed by atoms with Crippen LogP contribution in [0.15, 0.2) is 0 Å². The van der Waals surface area contributed by atoms with E-state index in [1.54, 1.807) is 0 Å². The highest BCUT2D eigenvalue weighted by molar-refractivity contribution is 4.83. The Kier molecular flexibility index (Phi) is 4.81. The lowest BCUT2D eigenvalue weighted by Gasteiger charge is -2.39. The Bertz CT molecular complexity index is 203. The maximum absolute atomic E-state index is 9.89. The van der Waals surface area contributed by atoms with Crippen LogP contribution in [-0.2, 0) is 0 Å². The third kappa shape index (κ3) is 4.06. The lowest BCUT2D eigenvalue weighted by Crippen LogP contribution is -2.42. The van der Waals surface area contributed by atoms with Crippen molar-refractivity contribution in [2.45, 2.75) is 65.5 Å². The van der Waals surface area contributed by atoms with E-state index in [1.807, 2.05) is 0 Å². The van der Waals surface area contributed by atoms with Crippen molar-refractivity contribution in [1.82, 2.24) is 4.90 Å². The molecule has 1 aliphatic rings. The summed E-state index contributed by atoms with van der Waals surface area (Å²) in [6.07, 6.45) is 5.03. The third-order valence-electron chi connectivity index (χ3n) is 4.18. The molecule has 0 saturated heterocycles. The predicted octanol–water partition coefficient (Wildman–Crippen LogP) is 2.90. The van der Waals surface area contributed by atoms with Gasteiger partial charge >= 0.3 is 0 Å². The summed E-state index contributed by atoms with van der Waals surface area (Å²) in [6, 6.07) is 0.682. The van der Waals surface area contributed by atoms with E-state index in [1.165, 1.54) is 25.7 Å². The standard InChI is InChI=1S/C14H29NO/c1-11(2)13(16)10-15(5)12-6-8-14(3,4)9-7-12/h11-13,16H,6-10H2,1-5H3. The molecule has 1 saturated carbocycles. The molecule has 96 valence electrons. The summed E-state index contributed by atoms with van der Waals surface area (Å²) in [4.78, 5) is 2.36. The average molecular weight is 227 g/mol. The molecule has 2 nitrogen and oxygen atoms in total. The van der Waals surface area contributed by atoms with Crippen molar-refractivity contribution in [2.75, 3.05) is 13.6 Å². The molecule has 1 atom stereocenters. The van der Waals surface area contributed by atoms with Gasteiger partial charge in [0.15, 0.2) is 0 Å². The molecule has 1 fully saturated rings. The van der Waals surface area contributed by atoms with Gasteiger partial charge < -0.3 is 10.0 Å². The lowest BCUT2D eigenvalue weighted by atomic mass is 9.75. The largest absolute Gasteiger partial charge is 0.392 e. The molecule has 0 amide bonds. The Hall–Kier alpha value is -0.0800. The second-order valence-corrected chi connectivity index (χ2v) is 6.65. The van der Waals surface area contributed by atoms with E-state index in [2.05, 4.69) is 39.6 Å². The van der Waals surface area contributed by atoms with Gasteiger partial charge in [0.25, 0.3) is 0 Å². The van der Waals surface area contributed by atoms with E-state index in [9.17, 15) is 5.11 Å². The fourth-order valence-electron chi connectivity index (χ4n) is 2.48. The molecular formula is C14H29NO. The van der Waals surface area contributed by atoms with Crippen molar-refractivity contribution in [1.29, 1.82) is 0 Å². The van der Waals surface area contributed by atoms with Crippen molar-refractivity contribution in [2.24, 2.45) is 11.3 Å². The normalized spacial score (nSPS) is 24.0. The van der Waals surface area contributed by atoms with Gasteiger partial charge in [-0.2, -0.15) is 0 Å². The number of hydrogen-bond acceptors (Lipinski definition) is 2. The van der Waals surface area contributed by atoms with Crippen LogP contribution in [0.1, 0.15) is 53.4 Å². The molecule has 1 unspecified atom stereocenters. The minimum Gasteiger partial charge on any atom is -0.392 e. The molecule has 2 heteroatoms. The van der Waals surface area contributed by atoms with Crippen molar-refractivity contribution in [3.8, 4) is 0 Å². The second kappa shape index (κ2) is 5.50. The maximum atomic E-state index is 9.89. The Morgan fingerprint density at radius 1 is 1.25 bits per heavy atom. The van der Waals surface area contributed by atoms with Crippen molar-refractivity contribution in [3.63, 3.8) is 0 Å². The van der Waals surface area contributed by atoms with Crippen molar-refractivity contribution in [3.05, 3.63) is 0 Å². The van der Waals surface area contributed by atoms with Crippen molar-refractivity contribution >= 4 is 0 Å². The highest BCUT2D eigenvalue weighted by Gasteiger charge is 2.29. The van der Waals surface area contributed by atoms with Crippen LogP contribution in [0.3, 0.4) is 0 Å². The summed E-state index contributed by atoms with van der Waals surface area (Å²) < 4.78 is 0. The van der Waals surface area contributed by atoms with Crippen LogP contribution in [0.25, 0.3) is 0 Å². The van der Waals surface area contributed by atoms with Crippen LogP contribution in [0, 0.1) is 11.3 Å². The van der Waals surface area contributed by atoms with Gasteiger partial charge in [0.2, 0.25) is 0 Å². The van der Waals surface area contributed by atoms with E-state index in [0.717, 1.165) is 6.54 Å². The number of rotatable bonds is 4. The van der Waals surface area contributed by atoms with Gasteiger partial charge in [0, 0.05) is 12.6 Å². The quantitative estimate of drug-likeness (QED) is 0.798. The lowest BCUT2D eigenvalue weighted by molar-refractivity contribution is 0.0499. The molecule has 0 aromatic rings. The van der Waals surface area contributed by atoms with E-state index < -0.39 is 0 Å². The SMILES string of the molecule is CC(C)C(O)CN(C)C1CCC(C)(C)CC1. The van der Waals surface area contributed by atoms with Gasteiger partial charge in [0.1, 0.15) is 0 Å². The smallest absolute Gasteiger partial charge is 0.0689 e. The number of aliphatic hydroxyl groups is 1. The fraction of sp³-hybridized carbons (Fsp3) is 1.00. The highest BCUT2D eigenvalue weighted by Crippen LogP contribution is 2.36. The van der Waals surface area contributed by atoms with E-state index >= 15 is 0 Å². The zero-order valence-corrected chi connectivity index (χ0v) is 11.7. The number of hydrogen-bond donors (Lipinski definition) is 1. The van der Waals surface area contributed by atoms with E-state index in [-0.39, 0.29) is 6.10 Å². The van der Waals surface area contributed by atoms with Crippen LogP contribution < -0.4 is 0 Å². The van der Waals surface area contributed by atoms with Gasteiger partial charge in [0.05, 0.1) is 6.10 Å². The first kappa shape index (κ1) is 14.0. The van der Waals surface area contributed by atoms with Crippen LogP contribution in [0.5, 0.6) is 0 Å².